The van der Waals surface area contributed by atoms with Crippen molar-refractivity contribution in [2.45, 2.75) is 25.2 Å². The molecule has 2 N–H and O–H groups in total. The van der Waals surface area contributed by atoms with Gasteiger partial charge < -0.3 is 10.6 Å². The van der Waals surface area contributed by atoms with Gasteiger partial charge in [0.2, 0.25) is 0 Å². The molecule has 0 unspecified atom stereocenters. The standard InChI is InChI=1S/C14H13F5N4O/c1-13(14(17,18)19,9-5-3-2-4-6-9)22-12(24)21-10-7-20-23(8-10)11(15)16/h2-8,11H,1H3,(H2,21,22,24)/t13-/m1/s1. The van der Waals surface area contributed by atoms with Crippen LogP contribution in [0.25, 0.3) is 0 Å². The van der Waals surface area contributed by atoms with Crippen molar-refractivity contribution >= 4 is 11.7 Å². The number of alkyl halides is 5. The first-order valence-electron chi connectivity index (χ1n) is 6.67. The predicted octanol–water partition coefficient (Wildman–Crippen LogP) is 3.88. The van der Waals surface area contributed by atoms with Crippen molar-refractivity contribution in [1.29, 1.82) is 0 Å². The number of aromatic nitrogens is 2. The molecule has 130 valence electrons. The number of hydrogen-bond donors (Lipinski definition) is 2. The molecule has 0 fully saturated rings. The normalized spacial score (nSPS) is 14.3. The Balaban J connectivity index is 2.19. The van der Waals surface area contributed by atoms with Gasteiger partial charge in [0.25, 0.3) is 0 Å². The Morgan fingerprint density at radius 2 is 1.83 bits per heavy atom. The molecule has 0 saturated carbocycles. The highest BCUT2D eigenvalue weighted by atomic mass is 19.4. The smallest absolute Gasteiger partial charge is 0.320 e. The van der Waals surface area contributed by atoms with E-state index in [1.165, 1.54) is 24.3 Å². The highest BCUT2D eigenvalue weighted by Gasteiger charge is 2.53. The molecular weight excluding hydrogens is 335 g/mol. The molecule has 0 aliphatic rings. The van der Waals surface area contributed by atoms with Gasteiger partial charge >= 0.3 is 18.8 Å². The van der Waals surface area contributed by atoms with E-state index in [2.05, 4.69) is 5.10 Å². The number of hydrogen-bond acceptors (Lipinski definition) is 2. The number of nitrogens with zero attached hydrogens (tertiary/aromatic N) is 2. The van der Waals surface area contributed by atoms with Gasteiger partial charge in [-0.3, -0.25) is 0 Å². The molecule has 0 radical (unpaired) electrons. The molecule has 0 spiro atoms. The summed E-state index contributed by atoms with van der Waals surface area (Å²) < 4.78 is 65.4. The molecule has 5 nitrogen and oxygen atoms in total. The number of urea groups is 1. The van der Waals surface area contributed by atoms with Gasteiger partial charge in [-0.15, -0.1) is 0 Å². The molecular formula is C14H13F5N4O. The molecule has 2 rings (SSSR count). The quantitative estimate of drug-likeness (QED) is 0.824. The second-order valence-corrected chi connectivity index (χ2v) is 5.05. The molecule has 24 heavy (non-hydrogen) atoms. The highest BCUT2D eigenvalue weighted by Crippen LogP contribution is 2.38. The fourth-order valence-electron chi connectivity index (χ4n) is 1.98. The summed E-state index contributed by atoms with van der Waals surface area (Å²) >= 11 is 0. The zero-order chi connectivity index (χ0) is 18.0. The first kappa shape index (κ1) is 17.7. The summed E-state index contributed by atoms with van der Waals surface area (Å²) in [6.45, 7) is -2.11. The number of anilines is 1. The first-order chi connectivity index (χ1) is 11.1. The van der Waals surface area contributed by atoms with Crippen molar-refractivity contribution in [2.75, 3.05) is 5.32 Å². The number of halogens is 5. The minimum atomic E-state index is -4.78. The molecule has 1 heterocycles. The van der Waals surface area contributed by atoms with Crippen LogP contribution >= 0.6 is 0 Å². The van der Waals surface area contributed by atoms with E-state index in [-0.39, 0.29) is 15.9 Å². The van der Waals surface area contributed by atoms with Gasteiger partial charge in [0.15, 0.2) is 5.54 Å². The number of carbonyl (C=O) groups is 1. The lowest BCUT2D eigenvalue weighted by atomic mass is 9.91. The van der Waals surface area contributed by atoms with Crippen molar-refractivity contribution in [3.05, 3.63) is 48.3 Å². The minimum absolute atomic E-state index is 0.162. The van der Waals surface area contributed by atoms with Gasteiger partial charge in [-0.25, -0.2) is 9.48 Å². The second kappa shape index (κ2) is 6.46. The van der Waals surface area contributed by atoms with E-state index in [1.54, 1.807) is 6.07 Å². The summed E-state index contributed by atoms with van der Waals surface area (Å²) in [5.74, 6) is 0. The average Bonchev–Trinajstić information content (AvgIpc) is 2.95. The fraction of sp³-hybridized carbons (Fsp3) is 0.286. The molecule has 1 atom stereocenters. The number of amides is 2. The zero-order valence-corrected chi connectivity index (χ0v) is 12.3. The number of carbonyl (C=O) groups excluding carboxylic acids is 1. The van der Waals surface area contributed by atoms with Crippen LogP contribution in [-0.2, 0) is 5.54 Å². The van der Waals surface area contributed by atoms with E-state index in [0.29, 0.717) is 0 Å². The number of benzene rings is 1. The van der Waals surface area contributed by atoms with E-state index in [9.17, 15) is 26.7 Å². The van der Waals surface area contributed by atoms with Crippen LogP contribution in [0.2, 0.25) is 0 Å². The van der Waals surface area contributed by atoms with Gasteiger partial charge in [0, 0.05) is 0 Å². The van der Waals surface area contributed by atoms with Gasteiger partial charge in [-0.05, 0) is 12.5 Å². The first-order valence-corrected chi connectivity index (χ1v) is 6.67. The third-order valence-corrected chi connectivity index (χ3v) is 3.34. The second-order valence-electron chi connectivity index (χ2n) is 5.05. The molecule has 0 aliphatic heterocycles. The van der Waals surface area contributed by atoms with Crippen molar-refractivity contribution in [3.8, 4) is 0 Å². The van der Waals surface area contributed by atoms with Crippen LogP contribution in [0.15, 0.2) is 42.7 Å². The van der Waals surface area contributed by atoms with Crippen LogP contribution in [0, 0.1) is 0 Å². The Morgan fingerprint density at radius 3 is 2.33 bits per heavy atom. The Bertz CT molecular complexity index is 701. The number of nitrogens with one attached hydrogen (secondary N) is 2. The van der Waals surface area contributed by atoms with E-state index in [4.69, 9.17) is 0 Å². The topological polar surface area (TPSA) is 59.0 Å². The summed E-state index contributed by atoms with van der Waals surface area (Å²) in [5.41, 5.74) is -2.99. The molecule has 0 saturated heterocycles. The highest BCUT2D eigenvalue weighted by molar-refractivity contribution is 5.89. The SMILES string of the molecule is C[C@@](NC(=O)Nc1cnn(C(F)F)c1)(c1ccccc1)C(F)(F)F. The van der Waals surface area contributed by atoms with Crippen molar-refractivity contribution in [2.24, 2.45) is 0 Å². The summed E-state index contributed by atoms with van der Waals surface area (Å²) in [6, 6.07) is 5.61. The lowest BCUT2D eigenvalue weighted by Gasteiger charge is -2.33. The monoisotopic (exact) mass is 348 g/mol. The van der Waals surface area contributed by atoms with Crippen LogP contribution in [0.3, 0.4) is 0 Å². The van der Waals surface area contributed by atoms with Crippen molar-refractivity contribution in [1.82, 2.24) is 15.1 Å². The zero-order valence-electron chi connectivity index (χ0n) is 12.3. The van der Waals surface area contributed by atoms with Gasteiger partial charge in [0.1, 0.15) is 0 Å². The lowest BCUT2D eigenvalue weighted by molar-refractivity contribution is -0.191. The predicted molar refractivity (Wildman–Crippen MR) is 75.5 cm³/mol. The average molecular weight is 348 g/mol. The number of rotatable bonds is 4. The Morgan fingerprint density at radius 1 is 1.21 bits per heavy atom. The molecule has 1 aromatic heterocycles. The maximum Gasteiger partial charge on any atom is 0.415 e. The molecule has 0 aliphatic carbocycles. The van der Waals surface area contributed by atoms with E-state index >= 15 is 0 Å². The third kappa shape index (κ3) is 3.63. The molecule has 1 aromatic carbocycles. The van der Waals surface area contributed by atoms with Crippen molar-refractivity contribution in [3.63, 3.8) is 0 Å². The van der Waals surface area contributed by atoms with Gasteiger partial charge in [-0.2, -0.15) is 27.1 Å². The molecule has 2 amide bonds. The van der Waals surface area contributed by atoms with Crippen LogP contribution in [0.4, 0.5) is 32.4 Å². The van der Waals surface area contributed by atoms with E-state index < -0.39 is 24.3 Å². The molecule has 2 aromatic rings. The van der Waals surface area contributed by atoms with Crippen LogP contribution in [0.1, 0.15) is 19.0 Å². The third-order valence-electron chi connectivity index (χ3n) is 3.34. The molecule has 10 heteroatoms. The van der Waals surface area contributed by atoms with Gasteiger partial charge in [-0.1, -0.05) is 30.3 Å². The Kier molecular flexibility index (Phi) is 4.76. The maximum atomic E-state index is 13.4. The summed E-state index contributed by atoms with van der Waals surface area (Å²) in [4.78, 5) is 11.9. The van der Waals surface area contributed by atoms with Crippen molar-refractivity contribution < 1.29 is 26.7 Å². The summed E-state index contributed by atoms with van der Waals surface area (Å²) in [6.07, 6.45) is -3.07. The largest absolute Gasteiger partial charge is 0.415 e. The van der Waals surface area contributed by atoms with Crippen LogP contribution in [0.5, 0.6) is 0 Å². The fourth-order valence-corrected chi connectivity index (χ4v) is 1.98. The lowest BCUT2D eigenvalue weighted by Crippen LogP contribution is -2.55. The molecule has 0 bridgehead atoms. The summed E-state index contributed by atoms with van der Waals surface area (Å²) in [5, 5.41) is 7.16. The van der Waals surface area contributed by atoms with Crippen LogP contribution in [-0.4, -0.2) is 22.0 Å². The van der Waals surface area contributed by atoms with Gasteiger partial charge in [0.05, 0.1) is 18.1 Å². The van der Waals surface area contributed by atoms with E-state index in [1.807, 2.05) is 10.6 Å². The Hall–Kier alpha value is -2.65. The van der Waals surface area contributed by atoms with E-state index in [0.717, 1.165) is 19.3 Å². The Labute approximate surface area is 133 Å². The summed E-state index contributed by atoms with van der Waals surface area (Å²) in [7, 11) is 0. The van der Waals surface area contributed by atoms with Crippen LogP contribution < -0.4 is 10.6 Å². The maximum absolute atomic E-state index is 13.4. The minimum Gasteiger partial charge on any atom is -0.320 e.